The molecule has 2 N–H and O–H groups in total. The molecule has 8 nitrogen and oxygen atoms in total. The maximum atomic E-state index is 12.6. The summed E-state index contributed by atoms with van der Waals surface area (Å²) in [6.45, 7) is 7.17. The number of carbonyl (C=O) groups is 4. The van der Waals surface area contributed by atoms with Gasteiger partial charge in [-0.2, -0.15) is 0 Å². The molecule has 1 heterocycles. The van der Waals surface area contributed by atoms with Crippen molar-refractivity contribution in [1.82, 2.24) is 15.5 Å². The average molecular weight is 418 g/mol. The summed E-state index contributed by atoms with van der Waals surface area (Å²) >= 11 is 0. The van der Waals surface area contributed by atoms with Gasteiger partial charge in [0.25, 0.3) is 11.8 Å². The molecule has 0 aromatic heterocycles. The Kier molecular flexibility index (Phi) is 7.97. The maximum Gasteiger partial charge on any atom is 0.326 e. The van der Waals surface area contributed by atoms with Crippen molar-refractivity contribution in [2.45, 2.75) is 52.5 Å². The molecule has 0 bridgehead atoms. The van der Waals surface area contributed by atoms with Gasteiger partial charge in [-0.1, -0.05) is 38.1 Å². The number of amides is 4. The lowest BCUT2D eigenvalue weighted by Crippen LogP contribution is -2.44. The molecule has 1 atom stereocenters. The smallest absolute Gasteiger partial charge is 0.326 e. The van der Waals surface area contributed by atoms with E-state index in [0.29, 0.717) is 25.3 Å². The van der Waals surface area contributed by atoms with Gasteiger partial charge in [0.15, 0.2) is 6.61 Å². The van der Waals surface area contributed by atoms with E-state index in [0.717, 1.165) is 22.4 Å². The van der Waals surface area contributed by atoms with E-state index in [4.69, 9.17) is 4.74 Å². The van der Waals surface area contributed by atoms with E-state index >= 15 is 0 Å². The number of esters is 1. The first-order valence-electron chi connectivity index (χ1n) is 10.2. The van der Waals surface area contributed by atoms with Crippen LogP contribution in [-0.4, -0.2) is 54.0 Å². The number of hydrogen-bond donors (Lipinski definition) is 2. The third kappa shape index (κ3) is 6.30. The Hall–Kier alpha value is -2.90. The van der Waals surface area contributed by atoms with Crippen molar-refractivity contribution in [3.8, 4) is 0 Å². The topological polar surface area (TPSA) is 105 Å². The molecule has 1 fully saturated rings. The quantitative estimate of drug-likeness (QED) is 0.447. The zero-order valence-electron chi connectivity index (χ0n) is 18.1. The van der Waals surface area contributed by atoms with Crippen molar-refractivity contribution >= 4 is 23.8 Å². The largest absolute Gasteiger partial charge is 0.454 e. The first-order chi connectivity index (χ1) is 14.1. The molecule has 0 saturated carbocycles. The lowest BCUT2D eigenvalue weighted by molar-refractivity contribution is -0.151. The van der Waals surface area contributed by atoms with Gasteiger partial charge in [-0.25, -0.2) is 4.79 Å². The molecular weight excluding hydrogens is 386 g/mol. The van der Waals surface area contributed by atoms with Crippen molar-refractivity contribution in [2.24, 2.45) is 5.92 Å². The van der Waals surface area contributed by atoms with E-state index in [1.165, 1.54) is 0 Å². The molecule has 8 heteroatoms. The second-order valence-corrected chi connectivity index (χ2v) is 8.27. The van der Waals surface area contributed by atoms with E-state index in [-0.39, 0.29) is 0 Å². The summed E-state index contributed by atoms with van der Waals surface area (Å²) in [4.78, 5) is 49.5. The zero-order chi connectivity index (χ0) is 22.3. The average Bonchev–Trinajstić information content (AvgIpc) is 2.90. The van der Waals surface area contributed by atoms with Gasteiger partial charge in [0.2, 0.25) is 0 Å². The number of hydrogen-bond acceptors (Lipinski definition) is 5. The van der Waals surface area contributed by atoms with Crippen molar-refractivity contribution < 1.29 is 23.9 Å². The third-order valence-electron chi connectivity index (χ3n) is 5.20. The third-order valence-corrected chi connectivity index (χ3v) is 5.20. The Balaban J connectivity index is 1.74. The Morgan fingerprint density at radius 3 is 2.60 bits per heavy atom. The summed E-state index contributed by atoms with van der Waals surface area (Å²) in [5, 5.41) is 5.34. The zero-order valence-corrected chi connectivity index (χ0v) is 18.1. The molecule has 4 amide bonds. The van der Waals surface area contributed by atoms with Gasteiger partial charge in [0.1, 0.15) is 12.1 Å². The van der Waals surface area contributed by atoms with Crippen LogP contribution in [0.3, 0.4) is 0 Å². The standard InChI is InChI=1S/C22H31N3O5/c1-15(2)9-11-22(4)20(28)25(21(29)24-22)13-19(27)30-14-18(26)23-12-10-17-8-6-5-7-16(17)3/h5-8,15H,9-14H2,1-4H3,(H,23,26)(H,24,29)/t22-/m0/s1. The van der Waals surface area contributed by atoms with Gasteiger partial charge in [-0.3, -0.25) is 19.3 Å². The predicted molar refractivity (Wildman–Crippen MR) is 112 cm³/mol. The Morgan fingerprint density at radius 2 is 1.93 bits per heavy atom. The first-order valence-corrected chi connectivity index (χ1v) is 10.2. The summed E-state index contributed by atoms with van der Waals surface area (Å²) < 4.78 is 4.93. The van der Waals surface area contributed by atoms with E-state index in [1.807, 2.05) is 45.0 Å². The molecule has 1 aromatic rings. The molecule has 0 radical (unpaired) electrons. The highest BCUT2D eigenvalue weighted by atomic mass is 16.5. The fourth-order valence-corrected chi connectivity index (χ4v) is 3.24. The highest BCUT2D eigenvalue weighted by Gasteiger charge is 2.48. The monoisotopic (exact) mass is 417 g/mol. The minimum Gasteiger partial charge on any atom is -0.454 e. The van der Waals surface area contributed by atoms with Gasteiger partial charge in [0, 0.05) is 6.54 Å². The normalized spacial score (nSPS) is 18.5. The van der Waals surface area contributed by atoms with Crippen LogP contribution in [0.4, 0.5) is 4.79 Å². The molecule has 0 spiro atoms. The van der Waals surface area contributed by atoms with Crippen molar-refractivity contribution in [2.75, 3.05) is 19.7 Å². The number of benzene rings is 1. The van der Waals surface area contributed by atoms with Crippen LogP contribution in [0.5, 0.6) is 0 Å². The molecule has 1 saturated heterocycles. The van der Waals surface area contributed by atoms with E-state index in [1.54, 1.807) is 6.92 Å². The lowest BCUT2D eigenvalue weighted by atomic mass is 9.92. The summed E-state index contributed by atoms with van der Waals surface area (Å²) in [6.07, 6.45) is 1.93. The molecule has 0 aliphatic carbocycles. The van der Waals surface area contributed by atoms with Crippen LogP contribution in [0.15, 0.2) is 24.3 Å². The van der Waals surface area contributed by atoms with E-state index < -0.39 is 42.5 Å². The summed E-state index contributed by atoms with van der Waals surface area (Å²) in [5.74, 6) is -1.31. The van der Waals surface area contributed by atoms with Crippen molar-refractivity contribution in [3.63, 3.8) is 0 Å². The molecule has 2 rings (SSSR count). The Morgan fingerprint density at radius 1 is 1.23 bits per heavy atom. The van der Waals surface area contributed by atoms with Crippen molar-refractivity contribution in [3.05, 3.63) is 35.4 Å². The number of carbonyl (C=O) groups excluding carboxylic acids is 4. The summed E-state index contributed by atoms with van der Waals surface area (Å²) in [7, 11) is 0. The lowest BCUT2D eigenvalue weighted by Gasteiger charge is -2.22. The minimum absolute atomic E-state index is 0.384. The molecule has 30 heavy (non-hydrogen) atoms. The minimum atomic E-state index is -1.02. The number of nitrogens with one attached hydrogen (secondary N) is 2. The van der Waals surface area contributed by atoms with Gasteiger partial charge >= 0.3 is 12.0 Å². The number of urea groups is 1. The number of imide groups is 1. The van der Waals surface area contributed by atoms with Crippen LogP contribution >= 0.6 is 0 Å². The van der Waals surface area contributed by atoms with Gasteiger partial charge in [0.05, 0.1) is 0 Å². The number of ether oxygens (including phenoxy) is 1. The molecule has 1 aromatic carbocycles. The van der Waals surface area contributed by atoms with Crippen LogP contribution in [0.25, 0.3) is 0 Å². The van der Waals surface area contributed by atoms with Gasteiger partial charge in [-0.15, -0.1) is 0 Å². The summed E-state index contributed by atoms with van der Waals surface area (Å²) in [5.41, 5.74) is 1.26. The highest BCUT2D eigenvalue weighted by Crippen LogP contribution is 2.24. The fraction of sp³-hybridized carbons (Fsp3) is 0.545. The highest BCUT2D eigenvalue weighted by molar-refractivity contribution is 6.08. The first kappa shape index (κ1) is 23.4. The molecule has 1 aliphatic heterocycles. The van der Waals surface area contributed by atoms with E-state index in [9.17, 15) is 19.2 Å². The van der Waals surface area contributed by atoms with Crippen LogP contribution in [0.2, 0.25) is 0 Å². The second-order valence-electron chi connectivity index (χ2n) is 8.27. The fourth-order valence-electron chi connectivity index (χ4n) is 3.24. The number of aryl methyl sites for hydroxylation is 1. The Labute approximate surface area is 177 Å². The van der Waals surface area contributed by atoms with E-state index in [2.05, 4.69) is 10.6 Å². The number of rotatable bonds is 10. The second kappa shape index (κ2) is 10.2. The maximum absolute atomic E-state index is 12.6. The van der Waals surface area contributed by atoms with Crippen LogP contribution < -0.4 is 10.6 Å². The van der Waals surface area contributed by atoms with Gasteiger partial charge < -0.3 is 15.4 Å². The number of nitrogens with zero attached hydrogens (tertiary/aromatic N) is 1. The van der Waals surface area contributed by atoms with Crippen molar-refractivity contribution in [1.29, 1.82) is 0 Å². The molecule has 1 aliphatic rings. The molecule has 164 valence electrons. The van der Waals surface area contributed by atoms with Crippen LogP contribution in [0.1, 0.15) is 44.7 Å². The Bertz CT molecular complexity index is 808. The summed E-state index contributed by atoms with van der Waals surface area (Å²) in [6, 6.07) is 7.27. The molecule has 0 unspecified atom stereocenters. The predicted octanol–water partition coefficient (Wildman–Crippen LogP) is 1.94. The SMILES string of the molecule is Cc1ccccc1CCNC(=O)COC(=O)CN1C(=O)N[C@@](C)(CCC(C)C)C1=O. The van der Waals surface area contributed by atoms with Gasteiger partial charge in [-0.05, 0) is 50.2 Å². The molecular formula is C22H31N3O5. The van der Waals surface area contributed by atoms with Crippen LogP contribution in [0, 0.1) is 12.8 Å². The van der Waals surface area contributed by atoms with Crippen LogP contribution in [-0.2, 0) is 25.5 Å².